The van der Waals surface area contributed by atoms with E-state index in [1.807, 2.05) is 31.2 Å². The number of thiophene rings is 1. The Kier molecular flexibility index (Phi) is 4.81. The smallest absolute Gasteiger partial charge is 0.261 e. The first-order valence-electron chi connectivity index (χ1n) is 9.87. The Morgan fingerprint density at radius 1 is 1.22 bits per heavy atom. The summed E-state index contributed by atoms with van der Waals surface area (Å²) in [5, 5.41) is 4.92. The van der Waals surface area contributed by atoms with Crippen molar-refractivity contribution in [1.29, 1.82) is 0 Å². The van der Waals surface area contributed by atoms with Crippen LogP contribution in [0, 0.1) is 11.8 Å². The molecule has 0 spiro atoms. The normalized spacial score (nSPS) is 23.0. The fraction of sp³-hybridized carbons (Fsp3) is 0.455. The highest BCUT2D eigenvalue weighted by atomic mass is 32.1. The first-order valence-corrected chi connectivity index (χ1v) is 10.7. The number of carbonyl (C=O) groups excluding carboxylic acids is 1. The third-order valence-corrected chi connectivity index (χ3v) is 7.38. The van der Waals surface area contributed by atoms with E-state index in [1.165, 1.54) is 17.8 Å². The third-order valence-electron chi connectivity index (χ3n) is 6.21. The second-order valence-electron chi connectivity index (χ2n) is 7.77. The summed E-state index contributed by atoms with van der Waals surface area (Å²) in [5.74, 6) is 1.07. The zero-order chi connectivity index (χ0) is 19.1. The molecule has 0 aliphatic heterocycles. The molecule has 1 aliphatic rings. The standard InChI is InChI=1S/C22H26N2O2S/c1-4-24-18-11-6-5-9-15(18)20-16(22(24)26)12-19(27-20)21(25)23-17-10-7-8-13(2)14(17)3/h5-6,9,11-14,17H,4,7-8,10H2,1-3H3,(H,23,25). The van der Waals surface area contributed by atoms with Gasteiger partial charge in [0.1, 0.15) is 0 Å². The van der Waals surface area contributed by atoms with Gasteiger partial charge in [-0.3, -0.25) is 9.59 Å². The number of hydrogen-bond donors (Lipinski definition) is 1. The molecule has 0 saturated heterocycles. The largest absolute Gasteiger partial charge is 0.348 e. The summed E-state index contributed by atoms with van der Waals surface area (Å²) in [6.07, 6.45) is 3.43. The molecule has 3 atom stereocenters. The fourth-order valence-corrected chi connectivity index (χ4v) is 5.44. The van der Waals surface area contributed by atoms with Crippen molar-refractivity contribution in [3.63, 3.8) is 0 Å². The number of rotatable bonds is 3. The molecule has 1 aliphatic carbocycles. The van der Waals surface area contributed by atoms with Crippen molar-refractivity contribution in [1.82, 2.24) is 9.88 Å². The molecule has 1 saturated carbocycles. The molecule has 27 heavy (non-hydrogen) atoms. The van der Waals surface area contributed by atoms with Gasteiger partial charge in [-0.1, -0.05) is 44.9 Å². The molecule has 0 radical (unpaired) electrons. The summed E-state index contributed by atoms with van der Waals surface area (Å²) >= 11 is 1.43. The Morgan fingerprint density at radius 2 is 2.00 bits per heavy atom. The lowest BCUT2D eigenvalue weighted by Gasteiger charge is -2.34. The highest BCUT2D eigenvalue weighted by Crippen LogP contribution is 2.32. The van der Waals surface area contributed by atoms with Crippen molar-refractivity contribution in [2.45, 2.75) is 52.6 Å². The summed E-state index contributed by atoms with van der Waals surface area (Å²) < 4.78 is 2.70. The van der Waals surface area contributed by atoms with Crippen LogP contribution in [0.25, 0.3) is 21.0 Å². The average molecular weight is 383 g/mol. The monoisotopic (exact) mass is 382 g/mol. The summed E-state index contributed by atoms with van der Waals surface area (Å²) in [6, 6.07) is 9.95. The van der Waals surface area contributed by atoms with E-state index in [0.29, 0.717) is 28.6 Å². The van der Waals surface area contributed by atoms with E-state index < -0.39 is 0 Å². The number of aromatic nitrogens is 1. The van der Waals surface area contributed by atoms with Crippen molar-refractivity contribution in [2.24, 2.45) is 11.8 Å². The van der Waals surface area contributed by atoms with E-state index in [-0.39, 0.29) is 17.5 Å². The minimum absolute atomic E-state index is 0.0128. The van der Waals surface area contributed by atoms with Crippen LogP contribution in [0.2, 0.25) is 0 Å². The van der Waals surface area contributed by atoms with Crippen molar-refractivity contribution < 1.29 is 4.79 Å². The first kappa shape index (κ1) is 18.2. The second kappa shape index (κ2) is 7.12. The molecule has 5 heteroatoms. The van der Waals surface area contributed by atoms with Crippen LogP contribution < -0.4 is 10.9 Å². The number of hydrogen-bond acceptors (Lipinski definition) is 3. The first-order chi connectivity index (χ1) is 13.0. The highest BCUT2D eigenvalue weighted by molar-refractivity contribution is 7.21. The van der Waals surface area contributed by atoms with Gasteiger partial charge in [-0.05, 0) is 37.3 Å². The molecule has 1 fully saturated rings. The lowest BCUT2D eigenvalue weighted by atomic mass is 9.78. The summed E-state index contributed by atoms with van der Waals surface area (Å²) in [5.41, 5.74) is 0.919. The van der Waals surface area contributed by atoms with E-state index in [1.54, 1.807) is 10.6 Å². The third kappa shape index (κ3) is 3.08. The van der Waals surface area contributed by atoms with Gasteiger partial charge in [0.2, 0.25) is 0 Å². The van der Waals surface area contributed by atoms with Gasteiger partial charge in [0, 0.05) is 22.7 Å². The van der Waals surface area contributed by atoms with Gasteiger partial charge in [0.25, 0.3) is 11.5 Å². The van der Waals surface area contributed by atoms with E-state index >= 15 is 0 Å². The van der Waals surface area contributed by atoms with Crippen LogP contribution in [0.3, 0.4) is 0 Å². The number of fused-ring (bicyclic) bond motifs is 3. The van der Waals surface area contributed by atoms with Gasteiger partial charge in [-0.2, -0.15) is 0 Å². The molecule has 1 amide bonds. The van der Waals surface area contributed by atoms with Gasteiger partial charge < -0.3 is 9.88 Å². The SMILES string of the molecule is CCn1c(=O)c2cc(C(=O)NC3CCCC(C)C3C)sc2c2ccccc21. The van der Waals surface area contributed by atoms with Crippen LogP contribution in [-0.2, 0) is 6.54 Å². The quantitative estimate of drug-likeness (QED) is 0.708. The number of benzene rings is 1. The number of amides is 1. The Balaban J connectivity index is 1.75. The summed E-state index contributed by atoms with van der Waals surface area (Å²) in [7, 11) is 0. The molecule has 2 heterocycles. The molecule has 0 bridgehead atoms. The van der Waals surface area contributed by atoms with Crippen molar-refractivity contribution in [3.05, 3.63) is 45.6 Å². The Hall–Kier alpha value is -2.14. The maximum Gasteiger partial charge on any atom is 0.261 e. The van der Waals surface area contributed by atoms with E-state index in [4.69, 9.17) is 0 Å². The van der Waals surface area contributed by atoms with Crippen molar-refractivity contribution in [3.8, 4) is 0 Å². The van der Waals surface area contributed by atoms with Gasteiger partial charge in [-0.15, -0.1) is 11.3 Å². The molecule has 1 aromatic carbocycles. The number of nitrogens with zero attached hydrogens (tertiary/aromatic N) is 1. The molecular weight excluding hydrogens is 356 g/mol. The average Bonchev–Trinajstić information content (AvgIpc) is 3.12. The maximum atomic E-state index is 12.9. The van der Waals surface area contributed by atoms with Gasteiger partial charge in [0.15, 0.2) is 0 Å². The van der Waals surface area contributed by atoms with Crippen LogP contribution in [-0.4, -0.2) is 16.5 Å². The molecule has 4 nitrogen and oxygen atoms in total. The number of pyridine rings is 1. The van der Waals surface area contributed by atoms with E-state index in [0.717, 1.165) is 28.4 Å². The molecule has 4 rings (SSSR count). The lowest BCUT2D eigenvalue weighted by Crippen LogP contribution is -2.43. The number of carbonyl (C=O) groups is 1. The highest BCUT2D eigenvalue weighted by Gasteiger charge is 2.29. The number of aryl methyl sites for hydroxylation is 1. The molecule has 2 aromatic heterocycles. The lowest BCUT2D eigenvalue weighted by molar-refractivity contribution is 0.0895. The molecule has 1 N–H and O–H groups in total. The van der Waals surface area contributed by atoms with Gasteiger partial charge in [-0.25, -0.2) is 0 Å². The van der Waals surface area contributed by atoms with Crippen LogP contribution in [0.4, 0.5) is 0 Å². The van der Waals surface area contributed by atoms with E-state index in [2.05, 4.69) is 19.2 Å². The summed E-state index contributed by atoms with van der Waals surface area (Å²) in [4.78, 5) is 26.5. The van der Waals surface area contributed by atoms with Crippen LogP contribution >= 0.6 is 11.3 Å². The van der Waals surface area contributed by atoms with Crippen LogP contribution in [0.1, 0.15) is 49.7 Å². The molecule has 3 unspecified atom stereocenters. The van der Waals surface area contributed by atoms with Gasteiger partial charge >= 0.3 is 0 Å². The Labute approximate surface area is 163 Å². The number of para-hydroxylation sites is 1. The van der Waals surface area contributed by atoms with Gasteiger partial charge in [0.05, 0.1) is 15.8 Å². The zero-order valence-corrected chi connectivity index (χ0v) is 16.9. The molecule has 142 valence electrons. The maximum absolute atomic E-state index is 12.9. The number of nitrogens with one attached hydrogen (secondary N) is 1. The second-order valence-corrected chi connectivity index (χ2v) is 8.82. The predicted molar refractivity (Wildman–Crippen MR) is 113 cm³/mol. The fourth-order valence-electron chi connectivity index (χ4n) is 4.36. The van der Waals surface area contributed by atoms with Crippen molar-refractivity contribution in [2.75, 3.05) is 0 Å². The van der Waals surface area contributed by atoms with Crippen LogP contribution in [0.5, 0.6) is 0 Å². The Bertz CT molecular complexity index is 1070. The zero-order valence-electron chi connectivity index (χ0n) is 16.1. The minimum Gasteiger partial charge on any atom is -0.348 e. The predicted octanol–water partition coefficient (Wildman–Crippen LogP) is 4.79. The Morgan fingerprint density at radius 3 is 2.78 bits per heavy atom. The molecular formula is C22H26N2O2S. The summed E-state index contributed by atoms with van der Waals surface area (Å²) in [6.45, 7) is 7.09. The molecule has 3 aromatic rings. The topological polar surface area (TPSA) is 51.1 Å². The van der Waals surface area contributed by atoms with Crippen molar-refractivity contribution >= 4 is 38.2 Å². The van der Waals surface area contributed by atoms with Crippen LogP contribution in [0.15, 0.2) is 35.1 Å². The van der Waals surface area contributed by atoms with E-state index in [9.17, 15) is 9.59 Å². The minimum atomic E-state index is -0.0475.